The predicted molar refractivity (Wildman–Crippen MR) is 112 cm³/mol. The second-order valence-corrected chi connectivity index (χ2v) is 7.03. The van der Waals surface area contributed by atoms with E-state index in [1.165, 1.54) is 7.11 Å². The van der Waals surface area contributed by atoms with Crippen molar-refractivity contribution < 1.29 is 28.6 Å². The van der Waals surface area contributed by atoms with Gasteiger partial charge in [0.05, 0.1) is 20.3 Å². The van der Waals surface area contributed by atoms with Crippen LogP contribution in [0.1, 0.15) is 25.5 Å². The zero-order valence-corrected chi connectivity index (χ0v) is 18.0. The first-order valence-corrected chi connectivity index (χ1v) is 10.3. The lowest BCUT2D eigenvalue weighted by Gasteiger charge is -2.38. The first-order valence-electron chi connectivity index (χ1n) is 10.3. The Labute approximate surface area is 181 Å². The third kappa shape index (κ3) is 4.89. The molecule has 1 aromatic carbocycles. The fourth-order valence-electron chi connectivity index (χ4n) is 3.67. The minimum Gasteiger partial charge on any atom is -0.496 e. The Balaban J connectivity index is 1.88. The average Bonchev–Trinajstić information content (AvgIpc) is 2.78. The molecule has 10 heteroatoms. The molecule has 2 amide bonds. The molecule has 0 radical (unpaired) electrons. The third-order valence-electron chi connectivity index (χ3n) is 5.20. The Morgan fingerprint density at radius 3 is 2.42 bits per heavy atom. The fraction of sp³-hybridized carbons (Fsp3) is 0.524. The summed E-state index contributed by atoms with van der Waals surface area (Å²) in [5.41, 5.74) is 0.626. The van der Waals surface area contributed by atoms with E-state index in [1.54, 1.807) is 36.9 Å². The number of esters is 1. The number of aliphatic imine (C=N–C) groups is 1. The summed E-state index contributed by atoms with van der Waals surface area (Å²) in [5.74, 6) is -1.34. The van der Waals surface area contributed by atoms with Gasteiger partial charge in [-0.1, -0.05) is 18.2 Å². The van der Waals surface area contributed by atoms with Gasteiger partial charge >= 0.3 is 12.1 Å². The highest BCUT2D eigenvalue weighted by Crippen LogP contribution is 2.36. The number of nitrogens with zero attached hydrogens (tertiary/aromatic N) is 3. The van der Waals surface area contributed by atoms with Gasteiger partial charge in [0.2, 0.25) is 11.9 Å². The van der Waals surface area contributed by atoms with Crippen LogP contribution in [-0.2, 0) is 19.1 Å². The van der Waals surface area contributed by atoms with Crippen LogP contribution < -0.4 is 10.1 Å². The van der Waals surface area contributed by atoms with E-state index in [9.17, 15) is 14.4 Å². The van der Waals surface area contributed by atoms with Crippen LogP contribution in [0.15, 0.2) is 29.3 Å². The SMILES string of the molecule is CCOC(=O)[C@H]1C(=O)NC(N2CCN(C(=O)OCC)CC2)=N[C@H]1c1ccccc1OC. The lowest BCUT2D eigenvalue weighted by Crippen LogP contribution is -2.58. The van der Waals surface area contributed by atoms with Crippen molar-refractivity contribution in [2.45, 2.75) is 19.9 Å². The Hall–Kier alpha value is -3.30. The van der Waals surface area contributed by atoms with Gasteiger partial charge in [-0.25, -0.2) is 9.79 Å². The predicted octanol–water partition coefficient (Wildman–Crippen LogP) is 1.18. The van der Waals surface area contributed by atoms with Crippen molar-refractivity contribution in [2.24, 2.45) is 10.9 Å². The van der Waals surface area contributed by atoms with Gasteiger partial charge in [0.1, 0.15) is 11.8 Å². The second kappa shape index (κ2) is 10.1. The zero-order chi connectivity index (χ0) is 22.4. The summed E-state index contributed by atoms with van der Waals surface area (Å²) in [6.45, 7) is 5.75. The van der Waals surface area contributed by atoms with E-state index in [4.69, 9.17) is 19.2 Å². The molecule has 0 saturated carbocycles. The number of para-hydroxylation sites is 1. The molecule has 10 nitrogen and oxygen atoms in total. The Bertz CT molecular complexity index is 850. The largest absolute Gasteiger partial charge is 0.496 e. The van der Waals surface area contributed by atoms with Crippen LogP contribution in [0.2, 0.25) is 0 Å². The summed E-state index contributed by atoms with van der Waals surface area (Å²) in [6.07, 6.45) is -0.356. The molecule has 0 unspecified atom stereocenters. The molecule has 1 N–H and O–H groups in total. The maximum atomic E-state index is 13.0. The van der Waals surface area contributed by atoms with Crippen LogP contribution in [-0.4, -0.2) is 80.2 Å². The second-order valence-electron chi connectivity index (χ2n) is 7.03. The van der Waals surface area contributed by atoms with Gasteiger partial charge in [0.25, 0.3) is 0 Å². The monoisotopic (exact) mass is 432 g/mol. The third-order valence-corrected chi connectivity index (χ3v) is 5.20. The van der Waals surface area contributed by atoms with Crippen molar-refractivity contribution in [3.05, 3.63) is 29.8 Å². The van der Waals surface area contributed by atoms with Gasteiger partial charge in [0, 0.05) is 31.7 Å². The number of rotatable bonds is 5. The molecule has 168 valence electrons. The molecular weight excluding hydrogens is 404 g/mol. The van der Waals surface area contributed by atoms with Gasteiger partial charge in [0.15, 0.2) is 5.92 Å². The molecule has 0 spiro atoms. The zero-order valence-electron chi connectivity index (χ0n) is 18.0. The van der Waals surface area contributed by atoms with Crippen LogP contribution in [0.3, 0.4) is 0 Å². The molecular formula is C21H28N4O6. The topological polar surface area (TPSA) is 110 Å². The number of benzene rings is 1. The number of hydrogen-bond donors (Lipinski definition) is 1. The number of methoxy groups -OCH3 is 1. The number of piperazine rings is 1. The van der Waals surface area contributed by atoms with E-state index in [0.29, 0.717) is 50.1 Å². The minimum atomic E-state index is -1.12. The number of nitrogens with one attached hydrogen (secondary N) is 1. The van der Waals surface area contributed by atoms with E-state index < -0.39 is 23.8 Å². The molecule has 2 aliphatic rings. The van der Waals surface area contributed by atoms with E-state index >= 15 is 0 Å². The van der Waals surface area contributed by atoms with Gasteiger partial charge in [-0.15, -0.1) is 0 Å². The lowest BCUT2D eigenvalue weighted by atomic mass is 9.90. The van der Waals surface area contributed by atoms with E-state index in [-0.39, 0.29) is 12.7 Å². The molecule has 3 rings (SSSR count). The van der Waals surface area contributed by atoms with Gasteiger partial charge in [-0.3, -0.25) is 14.9 Å². The summed E-state index contributed by atoms with van der Waals surface area (Å²) in [6, 6.07) is 6.37. The van der Waals surface area contributed by atoms with Crippen LogP contribution in [0.5, 0.6) is 5.75 Å². The van der Waals surface area contributed by atoms with E-state index in [0.717, 1.165) is 0 Å². The molecule has 2 atom stereocenters. The molecule has 0 aromatic heterocycles. The molecule has 2 aliphatic heterocycles. The maximum absolute atomic E-state index is 13.0. The summed E-state index contributed by atoms with van der Waals surface area (Å²) < 4.78 is 15.6. The smallest absolute Gasteiger partial charge is 0.409 e. The molecule has 0 bridgehead atoms. The number of guanidine groups is 1. The maximum Gasteiger partial charge on any atom is 0.409 e. The molecule has 1 aromatic rings. The first-order chi connectivity index (χ1) is 15.0. The van der Waals surface area contributed by atoms with E-state index in [2.05, 4.69) is 5.32 Å². The van der Waals surface area contributed by atoms with Gasteiger partial charge < -0.3 is 24.0 Å². The van der Waals surface area contributed by atoms with Crippen molar-refractivity contribution in [3.63, 3.8) is 0 Å². The fourth-order valence-corrected chi connectivity index (χ4v) is 3.67. The normalized spacial score (nSPS) is 21.1. The summed E-state index contributed by atoms with van der Waals surface area (Å²) in [7, 11) is 1.53. The summed E-state index contributed by atoms with van der Waals surface area (Å²) in [4.78, 5) is 45.7. The molecule has 1 fully saturated rings. The Morgan fingerprint density at radius 2 is 1.77 bits per heavy atom. The van der Waals surface area contributed by atoms with Crippen molar-refractivity contribution in [3.8, 4) is 5.75 Å². The molecule has 0 aliphatic carbocycles. The number of carbonyl (C=O) groups excluding carboxylic acids is 3. The quantitative estimate of drug-likeness (QED) is 0.549. The highest BCUT2D eigenvalue weighted by Gasteiger charge is 2.43. The highest BCUT2D eigenvalue weighted by atomic mass is 16.6. The van der Waals surface area contributed by atoms with Crippen molar-refractivity contribution in [1.82, 2.24) is 15.1 Å². The van der Waals surface area contributed by atoms with Crippen LogP contribution in [0.25, 0.3) is 0 Å². The first kappa shape index (κ1) is 22.4. The Morgan fingerprint density at radius 1 is 1.10 bits per heavy atom. The average molecular weight is 432 g/mol. The number of carbonyl (C=O) groups is 3. The van der Waals surface area contributed by atoms with Gasteiger partial charge in [-0.05, 0) is 19.9 Å². The molecule has 2 heterocycles. The number of amides is 2. The van der Waals surface area contributed by atoms with Crippen LogP contribution in [0.4, 0.5) is 4.79 Å². The van der Waals surface area contributed by atoms with Crippen LogP contribution >= 0.6 is 0 Å². The molecule has 1 saturated heterocycles. The highest BCUT2D eigenvalue weighted by molar-refractivity contribution is 6.08. The molecule has 31 heavy (non-hydrogen) atoms. The lowest BCUT2D eigenvalue weighted by molar-refractivity contribution is -0.153. The number of ether oxygens (including phenoxy) is 3. The van der Waals surface area contributed by atoms with Crippen molar-refractivity contribution in [2.75, 3.05) is 46.5 Å². The van der Waals surface area contributed by atoms with E-state index in [1.807, 2.05) is 11.0 Å². The summed E-state index contributed by atoms with van der Waals surface area (Å²) >= 11 is 0. The van der Waals surface area contributed by atoms with Crippen molar-refractivity contribution in [1.29, 1.82) is 0 Å². The standard InChI is InChI=1S/C21H28N4O6/c1-4-30-19(27)16-17(14-8-6-7-9-15(14)29-3)22-20(23-18(16)26)24-10-12-25(13-11-24)21(28)31-5-2/h6-9,16-17H,4-5,10-13H2,1-3H3,(H,22,23,26)/t16-,17+/m1/s1. The number of hydrogen-bond acceptors (Lipinski definition) is 8. The Kier molecular flexibility index (Phi) is 7.32. The van der Waals surface area contributed by atoms with Crippen molar-refractivity contribution >= 4 is 23.9 Å². The van der Waals surface area contributed by atoms with Gasteiger partial charge in [-0.2, -0.15) is 0 Å². The summed E-state index contributed by atoms with van der Waals surface area (Å²) in [5, 5.41) is 2.74. The van der Waals surface area contributed by atoms with Crippen LogP contribution in [0, 0.1) is 5.92 Å². The minimum absolute atomic E-state index is 0.160.